The molecule has 0 aliphatic carbocycles. The molecule has 1 aliphatic heterocycles. The molecule has 0 aromatic carbocycles. The molecule has 0 bridgehead atoms. The molecule has 4 heteroatoms. The second kappa shape index (κ2) is 5.32. The largest absolute Gasteiger partial charge is 0.394 e. The Morgan fingerprint density at radius 1 is 1.64 bits per heavy atom. The molecule has 1 fully saturated rings. The lowest BCUT2D eigenvalue weighted by Crippen LogP contribution is -2.48. The van der Waals surface area contributed by atoms with Crippen molar-refractivity contribution in [1.29, 1.82) is 0 Å². The monoisotopic (exact) mass is 200 g/mol. The molecule has 14 heavy (non-hydrogen) atoms. The first-order chi connectivity index (χ1) is 6.65. The standard InChI is InChI=1S/C10H20N2O2/c1-7(2)9(6-13)12-10(14)8-4-3-5-11-8/h7-9,11,13H,3-6H2,1-2H3,(H,12,14). The van der Waals surface area contributed by atoms with E-state index in [0.29, 0.717) is 0 Å². The normalized spacial score (nSPS) is 23.9. The Balaban J connectivity index is 2.37. The summed E-state index contributed by atoms with van der Waals surface area (Å²) in [6.45, 7) is 4.91. The van der Waals surface area contributed by atoms with Crippen molar-refractivity contribution in [3.63, 3.8) is 0 Å². The van der Waals surface area contributed by atoms with Crippen LogP contribution in [-0.4, -0.2) is 36.2 Å². The number of carbonyl (C=O) groups is 1. The van der Waals surface area contributed by atoms with E-state index in [4.69, 9.17) is 5.11 Å². The Labute approximate surface area is 85.1 Å². The van der Waals surface area contributed by atoms with Crippen LogP contribution >= 0.6 is 0 Å². The second-order valence-electron chi connectivity index (χ2n) is 4.19. The lowest BCUT2D eigenvalue weighted by Gasteiger charge is -2.22. The molecule has 0 saturated carbocycles. The summed E-state index contributed by atoms with van der Waals surface area (Å²) < 4.78 is 0. The molecule has 1 amide bonds. The van der Waals surface area contributed by atoms with Gasteiger partial charge in [0.2, 0.25) is 5.91 Å². The molecule has 2 atom stereocenters. The lowest BCUT2D eigenvalue weighted by atomic mass is 10.0. The van der Waals surface area contributed by atoms with E-state index in [0.717, 1.165) is 19.4 Å². The molecule has 4 nitrogen and oxygen atoms in total. The third kappa shape index (κ3) is 2.96. The fourth-order valence-corrected chi connectivity index (χ4v) is 1.61. The van der Waals surface area contributed by atoms with Crippen LogP contribution in [0, 0.1) is 5.92 Å². The number of amides is 1. The third-order valence-corrected chi connectivity index (χ3v) is 2.71. The van der Waals surface area contributed by atoms with Gasteiger partial charge in [-0.2, -0.15) is 0 Å². The molecular weight excluding hydrogens is 180 g/mol. The molecule has 1 aliphatic rings. The van der Waals surface area contributed by atoms with E-state index in [1.54, 1.807) is 0 Å². The molecule has 82 valence electrons. The minimum absolute atomic E-state index is 0.0100. The lowest BCUT2D eigenvalue weighted by molar-refractivity contribution is -0.124. The van der Waals surface area contributed by atoms with Crippen LogP contribution < -0.4 is 10.6 Å². The summed E-state index contributed by atoms with van der Waals surface area (Å²) in [4.78, 5) is 11.6. The minimum Gasteiger partial charge on any atom is -0.394 e. The van der Waals surface area contributed by atoms with Crippen molar-refractivity contribution in [2.24, 2.45) is 5.92 Å². The fraction of sp³-hybridized carbons (Fsp3) is 0.900. The van der Waals surface area contributed by atoms with Crippen molar-refractivity contribution >= 4 is 5.91 Å². The number of aliphatic hydroxyl groups excluding tert-OH is 1. The number of aliphatic hydroxyl groups is 1. The number of carbonyl (C=O) groups excluding carboxylic acids is 1. The van der Waals surface area contributed by atoms with Crippen molar-refractivity contribution < 1.29 is 9.90 Å². The molecule has 0 aromatic heterocycles. The summed E-state index contributed by atoms with van der Waals surface area (Å²) in [5, 5.41) is 15.0. The van der Waals surface area contributed by atoms with Crippen molar-refractivity contribution in [3.8, 4) is 0 Å². The summed E-state index contributed by atoms with van der Waals surface area (Å²) in [6.07, 6.45) is 1.96. The molecule has 0 spiro atoms. The number of hydrogen-bond acceptors (Lipinski definition) is 3. The summed E-state index contributed by atoms with van der Waals surface area (Å²) >= 11 is 0. The zero-order valence-electron chi connectivity index (χ0n) is 8.92. The first-order valence-corrected chi connectivity index (χ1v) is 5.29. The van der Waals surface area contributed by atoms with Crippen LogP contribution in [0.2, 0.25) is 0 Å². The zero-order chi connectivity index (χ0) is 10.6. The Kier molecular flexibility index (Phi) is 4.35. The quantitative estimate of drug-likeness (QED) is 0.592. The van der Waals surface area contributed by atoms with Gasteiger partial charge in [0.05, 0.1) is 18.7 Å². The van der Waals surface area contributed by atoms with Gasteiger partial charge in [-0.15, -0.1) is 0 Å². The molecule has 0 radical (unpaired) electrons. The van der Waals surface area contributed by atoms with E-state index in [-0.39, 0.29) is 30.5 Å². The van der Waals surface area contributed by atoms with Gasteiger partial charge in [0, 0.05) is 0 Å². The Bertz CT molecular complexity index is 189. The van der Waals surface area contributed by atoms with Crippen molar-refractivity contribution in [1.82, 2.24) is 10.6 Å². The van der Waals surface area contributed by atoms with Gasteiger partial charge in [-0.3, -0.25) is 4.79 Å². The second-order valence-corrected chi connectivity index (χ2v) is 4.19. The summed E-state index contributed by atoms with van der Waals surface area (Å²) in [7, 11) is 0. The summed E-state index contributed by atoms with van der Waals surface area (Å²) in [5.41, 5.74) is 0. The van der Waals surface area contributed by atoms with E-state index in [1.807, 2.05) is 13.8 Å². The number of rotatable bonds is 4. The van der Waals surface area contributed by atoms with Crippen molar-refractivity contribution in [3.05, 3.63) is 0 Å². The highest BCUT2D eigenvalue weighted by Gasteiger charge is 2.24. The van der Waals surface area contributed by atoms with Crippen LogP contribution in [0.3, 0.4) is 0 Å². The first kappa shape index (κ1) is 11.5. The van der Waals surface area contributed by atoms with Gasteiger partial charge in [0.15, 0.2) is 0 Å². The number of hydrogen-bond donors (Lipinski definition) is 3. The smallest absolute Gasteiger partial charge is 0.237 e. The molecule has 2 unspecified atom stereocenters. The van der Waals surface area contributed by atoms with Crippen LogP contribution in [0.4, 0.5) is 0 Å². The molecule has 3 N–H and O–H groups in total. The molecule has 0 aromatic rings. The first-order valence-electron chi connectivity index (χ1n) is 5.29. The van der Waals surface area contributed by atoms with Gasteiger partial charge in [0.25, 0.3) is 0 Å². The molecule has 1 rings (SSSR count). The maximum absolute atomic E-state index is 11.6. The van der Waals surface area contributed by atoms with E-state index >= 15 is 0 Å². The summed E-state index contributed by atoms with van der Waals surface area (Å²) in [6, 6.07) is -0.173. The van der Waals surface area contributed by atoms with Gasteiger partial charge in [-0.05, 0) is 25.3 Å². The van der Waals surface area contributed by atoms with Crippen LogP contribution in [0.15, 0.2) is 0 Å². The van der Waals surface area contributed by atoms with E-state index in [9.17, 15) is 4.79 Å². The van der Waals surface area contributed by atoms with Crippen LogP contribution in [0.5, 0.6) is 0 Å². The Morgan fingerprint density at radius 3 is 2.79 bits per heavy atom. The highest BCUT2D eigenvalue weighted by molar-refractivity contribution is 5.82. The summed E-state index contributed by atoms with van der Waals surface area (Å²) in [5.74, 6) is 0.292. The van der Waals surface area contributed by atoms with Gasteiger partial charge in [-0.1, -0.05) is 13.8 Å². The van der Waals surface area contributed by atoms with Crippen LogP contribution in [0.25, 0.3) is 0 Å². The van der Waals surface area contributed by atoms with E-state index < -0.39 is 0 Å². The Hall–Kier alpha value is -0.610. The van der Waals surface area contributed by atoms with Gasteiger partial charge < -0.3 is 15.7 Å². The SMILES string of the molecule is CC(C)C(CO)NC(=O)C1CCCN1. The topological polar surface area (TPSA) is 61.4 Å². The fourth-order valence-electron chi connectivity index (χ4n) is 1.61. The van der Waals surface area contributed by atoms with Gasteiger partial charge >= 0.3 is 0 Å². The van der Waals surface area contributed by atoms with Crippen LogP contribution in [0.1, 0.15) is 26.7 Å². The average Bonchev–Trinajstić information content (AvgIpc) is 2.65. The van der Waals surface area contributed by atoms with Gasteiger partial charge in [-0.25, -0.2) is 0 Å². The maximum atomic E-state index is 11.6. The maximum Gasteiger partial charge on any atom is 0.237 e. The number of nitrogens with one attached hydrogen (secondary N) is 2. The van der Waals surface area contributed by atoms with Crippen LogP contribution in [-0.2, 0) is 4.79 Å². The highest BCUT2D eigenvalue weighted by atomic mass is 16.3. The molecule has 1 heterocycles. The Morgan fingerprint density at radius 2 is 2.36 bits per heavy atom. The van der Waals surface area contributed by atoms with E-state index in [1.165, 1.54) is 0 Å². The predicted octanol–water partition coefficient (Wildman–Crippen LogP) is -0.128. The third-order valence-electron chi connectivity index (χ3n) is 2.71. The predicted molar refractivity (Wildman–Crippen MR) is 54.9 cm³/mol. The average molecular weight is 200 g/mol. The zero-order valence-corrected chi connectivity index (χ0v) is 8.92. The minimum atomic E-state index is -0.120. The van der Waals surface area contributed by atoms with Crippen molar-refractivity contribution in [2.45, 2.75) is 38.8 Å². The van der Waals surface area contributed by atoms with E-state index in [2.05, 4.69) is 10.6 Å². The van der Waals surface area contributed by atoms with Crippen molar-refractivity contribution in [2.75, 3.05) is 13.2 Å². The van der Waals surface area contributed by atoms with Gasteiger partial charge in [0.1, 0.15) is 0 Å². The molecular formula is C10H20N2O2. The molecule has 1 saturated heterocycles. The highest BCUT2D eigenvalue weighted by Crippen LogP contribution is 2.07.